The highest BCUT2D eigenvalue weighted by Crippen LogP contribution is 2.28. The lowest BCUT2D eigenvalue weighted by Crippen LogP contribution is -2.33. The first kappa shape index (κ1) is 23.3. The van der Waals surface area contributed by atoms with Gasteiger partial charge in [0.25, 0.3) is 0 Å². The fraction of sp³-hybridized carbons (Fsp3) is 0.652. The van der Waals surface area contributed by atoms with Crippen LogP contribution in [0.5, 0.6) is 0 Å². The molecule has 0 bridgehead atoms. The van der Waals surface area contributed by atoms with E-state index in [9.17, 15) is 0 Å². The fourth-order valence-corrected chi connectivity index (χ4v) is 5.31. The third kappa shape index (κ3) is 4.58. The van der Waals surface area contributed by atoms with Crippen LogP contribution in [0.15, 0.2) is 6.07 Å². The van der Waals surface area contributed by atoms with E-state index in [0.717, 1.165) is 87.7 Å². The van der Waals surface area contributed by atoms with E-state index in [2.05, 4.69) is 61.8 Å². The van der Waals surface area contributed by atoms with Crippen molar-refractivity contribution in [2.24, 2.45) is 0 Å². The second kappa shape index (κ2) is 9.67. The van der Waals surface area contributed by atoms with Crippen molar-refractivity contribution in [1.29, 1.82) is 0 Å². The van der Waals surface area contributed by atoms with Gasteiger partial charge in [-0.05, 0) is 52.5 Å². The average molecular weight is 487 g/mol. The van der Waals surface area contributed by atoms with Gasteiger partial charge in [-0.15, -0.1) is 5.10 Å². The van der Waals surface area contributed by atoms with Gasteiger partial charge in [0.15, 0.2) is 5.82 Å². The van der Waals surface area contributed by atoms with Gasteiger partial charge in [-0.25, -0.2) is 0 Å². The fourth-order valence-electron chi connectivity index (χ4n) is 5.11. The zero-order valence-corrected chi connectivity index (χ0v) is 21.1. The summed E-state index contributed by atoms with van der Waals surface area (Å²) in [5, 5.41) is 21.5. The molecule has 1 atom stereocenters. The number of hydrogen-bond donors (Lipinski definition) is 2. The molecule has 10 nitrogen and oxygen atoms in total. The first-order valence-electron chi connectivity index (χ1n) is 12.4. The van der Waals surface area contributed by atoms with E-state index in [1.807, 2.05) is 4.68 Å². The van der Waals surface area contributed by atoms with Crippen molar-refractivity contribution in [2.45, 2.75) is 84.7 Å². The quantitative estimate of drug-likeness (QED) is 0.551. The predicted molar refractivity (Wildman–Crippen MR) is 132 cm³/mol. The standard InChI is InChI=1S/C23H35ClN10/c1-15(2)31-8-4-10-33-17(13-31)12-19(28-33)22-18(26-30-27-22)7-6-16(3)32-9-5-11-34-20(14-32)21(24)23(25)29-34/h12,15-16H,4-11,13-14H2,1-3H3,(H2,25,29)(H,26,27,30). The van der Waals surface area contributed by atoms with Gasteiger partial charge in [0.1, 0.15) is 16.4 Å². The minimum Gasteiger partial charge on any atom is -0.381 e. The summed E-state index contributed by atoms with van der Waals surface area (Å²) in [6.45, 7) is 12.4. The number of aromatic amines is 1. The number of halogens is 1. The Morgan fingerprint density at radius 2 is 1.79 bits per heavy atom. The van der Waals surface area contributed by atoms with Gasteiger partial charge in [0.2, 0.25) is 0 Å². The van der Waals surface area contributed by atoms with Gasteiger partial charge in [-0.3, -0.25) is 24.3 Å². The summed E-state index contributed by atoms with van der Waals surface area (Å²) in [5.41, 5.74) is 11.0. The van der Waals surface area contributed by atoms with Gasteiger partial charge < -0.3 is 5.73 Å². The van der Waals surface area contributed by atoms with Crippen molar-refractivity contribution >= 4 is 17.4 Å². The number of fused-ring (bicyclic) bond motifs is 2. The number of nitrogen functional groups attached to an aromatic ring is 1. The summed E-state index contributed by atoms with van der Waals surface area (Å²) < 4.78 is 4.11. The van der Waals surface area contributed by atoms with E-state index in [1.54, 1.807) is 0 Å². The molecular weight excluding hydrogens is 452 g/mol. The molecular formula is C23H35ClN10. The Bertz CT molecular complexity index is 1130. The summed E-state index contributed by atoms with van der Waals surface area (Å²) in [6.07, 6.45) is 3.97. The number of H-pyrrole nitrogens is 1. The number of nitrogens with one attached hydrogen (secondary N) is 1. The Labute approximate surface area is 205 Å². The first-order valence-corrected chi connectivity index (χ1v) is 12.7. The molecule has 5 rings (SSSR count). The van der Waals surface area contributed by atoms with Crippen LogP contribution in [0.1, 0.15) is 57.1 Å². The largest absolute Gasteiger partial charge is 0.381 e. The molecule has 0 saturated heterocycles. The zero-order chi connectivity index (χ0) is 23.8. The van der Waals surface area contributed by atoms with Gasteiger partial charge in [0.05, 0.1) is 17.1 Å². The molecule has 2 aliphatic heterocycles. The smallest absolute Gasteiger partial charge is 0.164 e. The topological polar surface area (TPSA) is 110 Å². The molecule has 0 aliphatic carbocycles. The van der Waals surface area contributed by atoms with E-state index in [0.29, 0.717) is 22.9 Å². The number of nitrogens with two attached hydrogens (primary N) is 1. The highest BCUT2D eigenvalue weighted by Gasteiger charge is 2.25. The number of hydrogen-bond acceptors (Lipinski definition) is 7. The van der Waals surface area contributed by atoms with E-state index in [4.69, 9.17) is 22.4 Å². The molecule has 11 heteroatoms. The highest BCUT2D eigenvalue weighted by molar-refractivity contribution is 6.33. The molecule has 0 radical (unpaired) electrons. The monoisotopic (exact) mass is 486 g/mol. The van der Waals surface area contributed by atoms with Crippen molar-refractivity contribution in [3.63, 3.8) is 0 Å². The molecule has 0 saturated carbocycles. The van der Waals surface area contributed by atoms with Gasteiger partial charge in [0, 0.05) is 51.4 Å². The van der Waals surface area contributed by atoms with Crippen molar-refractivity contribution in [2.75, 3.05) is 18.8 Å². The first-order chi connectivity index (χ1) is 16.4. The maximum absolute atomic E-state index is 6.43. The van der Waals surface area contributed by atoms with Crippen molar-refractivity contribution in [3.05, 3.63) is 28.2 Å². The van der Waals surface area contributed by atoms with Crippen molar-refractivity contribution in [3.8, 4) is 11.4 Å². The Kier molecular flexibility index (Phi) is 6.63. The Balaban J connectivity index is 1.27. The third-order valence-electron chi connectivity index (χ3n) is 7.26. The SMILES string of the molecule is CC(C)N1CCCn2nc(-c3nn[nH]c3CCC(C)N3CCCn4nc(N)c(Cl)c4C3)cc2C1. The van der Waals surface area contributed by atoms with Crippen LogP contribution in [-0.2, 0) is 32.6 Å². The molecule has 1 unspecified atom stereocenters. The lowest BCUT2D eigenvalue weighted by Gasteiger charge is -2.27. The van der Waals surface area contributed by atoms with Crippen molar-refractivity contribution < 1.29 is 0 Å². The van der Waals surface area contributed by atoms with Crippen LogP contribution in [0, 0.1) is 0 Å². The molecule has 0 spiro atoms. The highest BCUT2D eigenvalue weighted by atomic mass is 35.5. The average Bonchev–Trinajstić information content (AvgIpc) is 3.41. The van der Waals surface area contributed by atoms with E-state index in [-0.39, 0.29) is 0 Å². The number of aryl methyl sites for hydroxylation is 3. The summed E-state index contributed by atoms with van der Waals surface area (Å²) in [4.78, 5) is 4.97. The Morgan fingerprint density at radius 3 is 2.59 bits per heavy atom. The normalized spacial score (nSPS) is 18.5. The lowest BCUT2D eigenvalue weighted by atomic mass is 10.1. The van der Waals surface area contributed by atoms with E-state index in [1.165, 1.54) is 5.69 Å². The second-order valence-corrected chi connectivity index (χ2v) is 10.3. The van der Waals surface area contributed by atoms with Crippen LogP contribution < -0.4 is 5.73 Å². The summed E-state index contributed by atoms with van der Waals surface area (Å²) in [7, 11) is 0. The molecule has 0 amide bonds. The maximum atomic E-state index is 6.43. The summed E-state index contributed by atoms with van der Waals surface area (Å²) in [5.74, 6) is 0.425. The molecule has 5 heterocycles. The summed E-state index contributed by atoms with van der Waals surface area (Å²) in [6, 6.07) is 3.08. The summed E-state index contributed by atoms with van der Waals surface area (Å²) >= 11 is 6.43. The molecule has 0 fully saturated rings. The van der Waals surface area contributed by atoms with Gasteiger partial charge in [-0.1, -0.05) is 16.8 Å². The molecule has 0 aromatic carbocycles. The van der Waals surface area contributed by atoms with Gasteiger partial charge in [-0.2, -0.15) is 10.2 Å². The molecule has 3 aromatic rings. The lowest BCUT2D eigenvalue weighted by molar-refractivity contribution is 0.193. The minimum atomic E-state index is 0.369. The molecule has 34 heavy (non-hydrogen) atoms. The van der Waals surface area contributed by atoms with E-state index < -0.39 is 0 Å². The van der Waals surface area contributed by atoms with Crippen molar-refractivity contribution in [1.82, 2.24) is 44.8 Å². The minimum absolute atomic E-state index is 0.369. The molecule has 3 N–H and O–H groups in total. The van der Waals surface area contributed by atoms with Crippen LogP contribution in [-0.4, -0.2) is 69.9 Å². The predicted octanol–water partition coefficient (Wildman–Crippen LogP) is 2.94. The Morgan fingerprint density at radius 1 is 1.03 bits per heavy atom. The van der Waals surface area contributed by atoms with E-state index >= 15 is 0 Å². The molecule has 184 valence electrons. The second-order valence-electron chi connectivity index (χ2n) is 9.88. The zero-order valence-electron chi connectivity index (χ0n) is 20.3. The van der Waals surface area contributed by atoms with Crippen LogP contribution >= 0.6 is 11.6 Å². The number of aromatic nitrogens is 7. The number of anilines is 1. The third-order valence-corrected chi connectivity index (χ3v) is 7.67. The molecule has 2 aliphatic rings. The number of rotatable bonds is 6. The van der Waals surface area contributed by atoms with Crippen LogP contribution in [0.4, 0.5) is 5.82 Å². The van der Waals surface area contributed by atoms with Gasteiger partial charge >= 0.3 is 0 Å². The van der Waals surface area contributed by atoms with Crippen LogP contribution in [0.3, 0.4) is 0 Å². The number of nitrogens with zero attached hydrogens (tertiary/aromatic N) is 8. The molecule has 3 aromatic heterocycles. The Hall–Kier alpha value is -2.43. The maximum Gasteiger partial charge on any atom is 0.164 e. The van der Waals surface area contributed by atoms with Crippen LogP contribution in [0.2, 0.25) is 5.02 Å². The van der Waals surface area contributed by atoms with Crippen LogP contribution in [0.25, 0.3) is 11.4 Å².